The van der Waals surface area contributed by atoms with Crippen molar-refractivity contribution in [2.45, 2.75) is 18.7 Å². The van der Waals surface area contributed by atoms with Crippen molar-refractivity contribution in [3.05, 3.63) is 59.4 Å². The average molecular weight is 332 g/mol. The molecule has 1 atom stereocenters. The third-order valence-electron chi connectivity index (χ3n) is 4.21. The van der Waals surface area contributed by atoms with Gasteiger partial charge in [0.1, 0.15) is 0 Å². The Labute approximate surface area is 134 Å². The highest BCUT2D eigenvalue weighted by Gasteiger charge is 2.61. The molecule has 1 aliphatic carbocycles. The van der Waals surface area contributed by atoms with Crippen molar-refractivity contribution in [3.8, 4) is 22.6 Å². The van der Waals surface area contributed by atoms with Gasteiger partial charge in [0.2, 0.25) is 5.60 Å². The van der Waals surface area contributed by atoms with E-state index in [0.29, 0.717) is 17.0 Å². The van der Waals surface area contributed by atoms with E-state index < -0.39 is 11.8 Å². The molecule has 0 fully saturated rings. The maximum atomic E-state index is 13.7. The number of hydrogen-bond acceptors (Lipinski definition) is 4. The molecule has 0 radical (unpaired) electrons. The lowest BCUT2D eigenvalue weighted by Gasteiger charge is -2.28. The standard InChI is InChI=1S/C17H11F3N2O2/c1-9-21-15(24-22-9)11-6-4-8-13-14(11)10-5-2-3-7-12(10)16(13,23)17(18,19)20/h2-8,23H,1H3. The van der Waals surface area contributed by atoms with Crippen molar-refractivity contribution in [1.82, 2.24) is 10.1 Å². The Hall–Kier alpha value is -2.67. The summed E-state index contributed by atoms with van der Waals surface area (Å²) in [6.07, 6.45) is -4.86. The number of benzene rings is 2. The monoisotopic (exact) mass is 332 g/mol. The van der Waals surface area contributed by atoms with E-state index in [1.165, 1.54) is 24.3 Å². The second-order valence-corrected chi connectivity index (χ2v) is 5.63. The Morgan fingerprint density at radius 3 is 2.33 bits per heavy atom. The number of nitrogens with zero attached hydrogens (tertiary/aromatic N) is 2. The minimum atomic E-state index is -4.86. The van der Waals surface area contributed by atoms with Gasteiger partial charge in [0.05, 0.1) is 0 Å². The second kappa shape index (κ2) is 4.67. The average Bonchev–Trinajstić information content (AvgIpc) is 3.09. The van der Waals surface area contributed by atoms with Gasteiger partial charge in [-0.3, -0.25) is 0 Å². The molecule has 1 N–H and O–H groups in total. The minimum absolute atomic E-state index is 0.116. The summed E-state index contributed by atoms with van der Waals surface area (Å²) in [6.45, 7) is 1.62. The number of aliphatic hydroxyl groups is 1. The summed E-state index contributed by atoms with van der Waals surface area (Å²) < 4.78 is 46.3. The van der Waals surface area contributed by atoms with Crippen LogP contribution in [0.2, 0.25) is 0 Å². The molecular weight excluding hydrogens is 321 g/mol. The molecule has 1 heterocycles. The Balaban J connectivity index is 2.10. The van der Waals surface area contributed by atoms with Crippen molar-refractivity contribution in [3.63, 3.8) is 0 Å². The van der Waals surface area contributed by atoms with Crippen LogP contribution < -0.4 is 0 Å². The lowest BCUT2D eigenvalue weighted by molar-refractivity contribution is -0.246. The summed E-state index contributed by atoms with van der Waals surface area (Å²) in [7, 11) is 0. The molecule has 122 valence electrons. The molecule has 1 aliphatic rings. The zero-order chi connectivity index (χ0) is 17.1. The van der Waals surface area contributed by atoms with Crippen molar-refractivity contribution >= 4 is 0 Å². The van der Waals surface area contributed by atoms with Gasteiger partial charge in [0.15, 0.2) is 5.82 Å². The third-order valence-corrected chi connectivity index (χ3v) is 4.21. The van der Waals surface area contributed by atoms with Crippen LogP contribution in [-0.2, 0) is 5.60 Å². The summed E-state index contributed by atoms with van der Waals surface area (Å²) in [5.74, 6) is 0.491. The molecule has 3 aromatic rings. The van der Waals surface area contributed by atoms with Gasteiger partial charge >= 0.3 is 6.18 Å². The first-order valence-corrected chi connectivity index (χ1v) is 7.17. The fourth-order valence-electron chi connectivity index (χ4n) is 3.20. The molecule has 4 rings (SSSR count). The van der Waals surface area contributed by atoms with E-state index in [2.05, 4.69) is 10.1 Å². The smallest absolute Gasteiger partial charge is 0.372 e. The highest BCUT2D eigenvalue weighted by molar-refractivity contribution is 5.90. The highest BCUT2D eigenvalue weighted by Crippen LogP contribution is 2.56. The van der Waals surface area contributed by atoms with Crippen molar-refractivity contribution in [2.75, 3.05) is 0 Å². The molecule has 0 amide bonds. The maximum absolute atomic E-state index is 13.7. The molecule has 4 nitrogen and oxygen atoms in total. The molecule has 0 bridgehead atoms. The Bertz CT molecular complexity index is 949. The normalized spacial score (nSPS) is 19.2. The molecule has 7 heteroatoms. The minimum Gasteiger partial charge on any atom is -0.372 e. The van der Waals surface area contributed by atoms with Crippen LogP contribution in [-0.4, -0.2) is 21.4 Å². The lowest BCUT2D eigenvalue weighted by atomic mass is 9.90. The van der Waals surface area contributed by atoms with Gasteiger partial charge < -0.3 is 9.63 Å². The van der Waals surface area contributed by atoms with Crippen LogP contribution in [0.3, 0.4) is 0 Å². The summed E-state index contributed by atoms with van der Waals surface area (Å²) in [5, 5.41) is 14.3. The van der Waals surface area contributed by atoms with Crippen LogP contribution in [0, 0.1) is 6.92 Å². The summed E-state index contributed by atoms with van der Waals surface area (Å²) >= 11 is 0. The predicted octanol–water partition coefficient (Wildman–Crippen LogP) is 3.82. The fraction of sp³-hybridized carbons (Fsp3) is 0.176. The first kappa shape index (κ1) is 14.9. The Morgan fingerprint density at radius 2 is 1.67 bits per heavy atom. The van der Waals surface area contributed by atoms with E-state index in [0.717, 1.165) is 0 Å². The van der Waals surface area contributed by atoms with E-state index in [-0.39, 0.29) is 22.6 Å². The SMILES string of the molecule is Cc1noc(-c2cccc3c2-c2ccccc2C3(O)C(F)(F)F)n1. The number of aromatic nitrogens is 2. The summed E-state index contributed by atoms with van der Waals surface area (Å²) in [6, 6.07) is 10.2. The third kappa shape index (κ3) is 1.78. The zero-order valence-electron chi connectivity index (χ0n) is 12.4. The number of rotatable bonds is 1. The first-order chi connectivity index (χ1) is 11.3. The topological polar surface area (TPSA) is 59.2 Å². The second-order valence-electron chi connectivity index (χ2n) is 5.63. The van der Waals surface area contributed by atoms with Crippen LogP contribution >= 0.6 is 0 Å². The zero-order valence-corrected chi connectivity index (χ0v) is 12.4. The summed E-state index contributed by atoms with van der Waals surface area (Å²) in [5.41, 5.74) is -2.57. The van der Waals surface area contributed by atoms with Gasteiger partial charge in [0.25, 0.3) is 5.89 Å². The lowest BCUT2D eigenvalue weighted by Crippen LogP contribution is -2.41. The van der Waals surface area contributed by atoms with E-state index in [4.69, 9.17) is 4.52 Å². The van der Waals surface area contributed by atoms with E-state index in [1.807, 2.05) is 0 Å². The molecule has 2 aromatic carbocycles. The Morgan fingerprint density at radius 1 is 1.00 bits per heavy atom. The van der Waals surface area contributed by atoms with Gasteiger partial charge in [-0.1, -0.05) is 41.6 Å². The van der Waals surface area contributed by atoms with E-state index in [1.54, 1.807) is 25.1 Å². The number of aryl methyl sites for hydroxylation is 1. The number of alkyl halides is 3. The largest absolute Gasteiger partial charge is 0.425 e. The number of fused-ring (bicyclic) bond motifs is 3. The van der Waals surface area contributed by atoms with Crippen molar-refractivity contribution in [1.29, 1.82) is 0 Å². The van der Waals surface area contributed by atoms with Gasteiger partial charge in [-0.2, -0.15) is 18.2 Å². The van der Waals surface area contributed by atoms with Crippen LogP contribution in [0.4, 0.5) is 13.2 Å². The number of hydrogen-bond donors (Lipinski definition) is 1. The van der Waals surface area contributed by atoms with Gasteiger partial charge in [-0.05, 0) is 18.6 Å². The van der Waals surface area contributed by atoms with Crippen LogP contribution in [0.5, 0.6) is 0 Å². The van der Waals surface area contributed by atoms with Gasteiger partial charge in [-0.15, -0.1) is 0 Å². The number of halogens is 3. The van der Waals surface area contributed by atoms with Crippen molar-refractivity contribution < 1.29 is 22.8 Å². The molecule has 0 saturated heterocycles. The summed E-state index contributed by atoms with van der Waals surface area (Å²) in [4.78, 5) is 4.10. The highest BCUT2D eigenvalue weighted by atomic mass is 19.4. The van der Waals surface area contributed by atoms with Crippen LogP contribution in [0.1, 0.15) is 17.0 Å². The van der Waals surface area contributed by atoms with Crippen LogP contribution in [0.15, 0.2) is 47.0 Å². The molecule has 1 aromatic heterocycles. The molecular formula is C17H11F3N2O2. The molecule has 1 unspecified atom stereocenters. The van der Waals surface area contributed by atoms with Crippen LogP contribution in [0.25, 0.3) is 22.6 Å². The quantitative estimate of drug-likeness (QED) is 0.736. The predicted molar refractivity (Wildman–Crippen MR) is 79.0 cm³/mol. The Kier molecular flexibility index (Phi) is 2.90. The molecule has 24 heavy (non-hydrogen) atoms. The maximum Gasteiger partial charge on any atom is 0.425 e. The molecule has 0 spiro atoms. The van der Waals surface area contributed by atoms with Gasteiger partial charge in [0, 0.05) is 22.3 Å². The van der Waals surface area contributed by atoms with E-state index in [9.17, 15) is 18.3 Å². The molecule has 0 saturated carbocycles. The van der Waals surface area contributed by atoms with Crippen molar-refractivity contribution in [2.24, 2.45) is 0 Å². The van der Waals surface area contributed by atoms with E-state index >= 15 is 0 Å². The molecule has 0 aliphatic heterocycles. The first-order valence-electron chi connectivity index (χ1n) is 7.17. The van der Waals surface area contributed by atoms with Gasteiger partial charge in [-0.25, -0.2) is 0 Å². The fourth-order valence-corrected chi connectivity index (χ4v) is 3.20.